The molecule has 0 amide bonds. The maximum Gasteiger partial charge on any atom is 0.0496 e. The summed E-state index contributed by atoms with van der Waals surface area (Å²) in [6.07, 6.45) is 0. The van der Waals surface area contributed by atoms with E-state index in [0.717, 1.165) is 13.1 Å². The summed E-state index contributed by atoms with van der Waals surface area (Å²) >= 11 is 0. The summed E-state index contributed by atoms with van der Waals surface area (Å²) in [4.78, 5) is 2.49. The van der Waals surface area contributed by atoms with Crippen molar-refractivity contribution in [3.8, 4) is 0 Å². The zero-order valence-electron chi connectivity index (χ0n) is 12.5. The van der Waals surface area contributed by atoms with Gasteiger partial charge < -0.3 is 5.73 Å². The standard InChI is InChI=1S/C16H28N2/c1-6-18(11-12(2)3)16(14(5)17)15-9-7-13(4)8-10-15/h7-10,12,14,16H,6,11,17H2,1-5H3. The molecule has 2 heteroatoms. The lowest BCUT2D eigenvalue weighted by atomic mass is 9.97. The van der Waals surface area contributed by atoms with E-state index in [0.29, 0.717) is 12.0 Å². The molecule has 102 valence electrons. The van der Waals surface area contributed by atoms with Crippen LogP contribution in [-0.4, -0.2) is 24.0 Å². The second-order valence-electron chi connectivity index (χ2n) is 5.70. The molecule has 18 heavy (non-hydrogen) atoms. The molecule has 2 nitrogen and oxygen atoms in total. The third kappa shape index (κ3) is 4.11. The fourth-order valence-corrected chi connectivity index (χ4v) is 2.52. The van der Waals surface area contributed by atoms with Crippen molar-refractivity contribution in [2.75, 3.05) is 13.1 Å². The summed E-state index contributed by atoms with van der Waals surface area (Å²) in [6, 6.07) is 9.24. The maximum atomic E-state index is 6.22. The maximum absolute atomic E-state index is 6.22. The molecule has 2 atom stereocenters. The van der Waals surface area contributed by atoms with Crippen LogP contribution in [0.4, 0.5) is 0 Å². The Bertz CT molecular complexity index is 341. The van der Waals surface area contributed by atoms with E-state index < -0.39 is 0 Å². The summed E-state index contributed by atoms with van der Waals surface area (Å²) in [6.45, 7) is 13.1. The van der Waals surface area contributed by atoms with Crippen molar-refractivity contribution in [2.45, 2.75) is 46.7 Å². The van der Waals surface area contributed by atoms with Crippen LogP contribution in [0.2, 0.25) is 0 Å². The van der Waals surface area contributed by atoms with Gasteiger partial charge in [-0.15, -0.1) is 0 Å². The van der Waals surface area contributed by atoms with Gasteiger partial charge in [0.05, 0.1) is 0 Å². The van der Waals surface area contributed by atoms with Gasteiger partial charge in [-0.3, -0.25) is 4.90 Å². The van der Waals surface area contributed by atoms with Gasteiger partial charge in [0.2, 0.25) is 0 Å². The molecule has 1 aromatic rings. The Morgan fingerprint density at radius 2 is 1.67 bits per heavy atom. The van der Waals surface area contributed by atoms with E-state index in [1.807, 2.05) is 0 Å². The summed E-state index contributed by atoms with van der Waals surface area (Å²) in [5.41, 5.74) is 8.85. The van der Waals surface area contributed by atoms with Crippen LogP contribution in [0.1, 0.15) is 44.9 Å². The van der Waals surface area contributed by atoms with E-state index in [9.17, 15) is 0 Å². The van der Waals surface area contributed by atoms with E-state index >= 15 is 0 Å². The Balaban J connectivity index is 2.96. The third-order valence-electron chi connectivity index (χ3n) is 3.32. The first-order valence-corrected chi connectivity index (χ1v) is 7.01. The number of nitrogens with two attached hydrogens (primary N) is 1. The van der Waals surface area contributed by atoms with Crippen LogP contribution in [0.5, 0.6) is 0 Å². The zero-order chi connectivity index (χ0) is 13.7. The van der Waals surface area contributed by atoms with Crippen molar-refractivity contribution in [1.29, 1.82) is 0 Å². The molecule has 0 saturated carbocycles. The number of rotatable bonds is 6. The molecule has 0 bridgehead atoms. The summed E-state index contributed by atoms with van der Waals surface area (Å²) in [5, 5.41) is 0. The summed E-state index contributed by atoms with van der Waals surface area (Å²) in [5.74, 6) is 0.664. The van der Waals surface area contributed by atoms with Crippen LogP contribution in [0.3, 0.4) is 0 Å². The van der Waals surface area contributed by atoms with E-state index in [2.05, 4.69) is 63.8 Å². The zero-order valence-corrected chi connectivity index (χ0v) is 12.5. The van der Waals surface area contributed by atoms with Gasteiger partial charge >= 0.3 is 0 Å². The van der Waals surface area contributed by atoms with Crippen molar-refractivity contribution in [3.63, 3.8) is 0 Å². The van der Waals surface area contributed by atoms with Gasteiger partial charge in [0.15, 0.2) is 0 Å². The van der Waals surface area contributed by atoms with Crippen molar-refractivity contribution >= 4 is 0 Å². The first-order valence-electron chi connectivity index (χ1n) is 7.01. The predicted octanol–water partition coefficient (Wildman–Crippen LogP) is 3.36. The average Bonchev–Trinajstić information content (AvgIpc) is 2.29. The van der Waals surface area contributed by atoms with Gasteiger partial charge in [0.25, 0.3) is 0 Å². The molecule has 0 radical (unpaired) electrons. The molecule has 0 aromatic heterocycles. The van der Waals surface area contributed by atoms with Crippen LogP contribution in [0.25, 0.3) is 0 Å². The molecule has 0 aliphatic heterocycles. The van der Waals surface area contributed by atoms with E-state index in [-0.39, 0.29) is 6.04 Å². The highest BCUT2D eigenvalue weighted by molar-refractivity contribution is 5.25. The number of likely N-dealkylation sites (N-methyl/N-ethyl adjacent to an activating group) is 1. The van der Waals surface area contributed by atoms with E-state index in [4.69, 9.17) is 5.73 Å². The average molecular weight is 248 g/mol. The molecule has 1 aromatic carbocycles. The molecular formula is C16H28N2. The fourth-order valence-electron chi connectivity index (χ4n) is 2.52. The lowest BCUT2D eigenvalue weighted by Gasteiger charge is -2.35. The van der Waals surface area contributed by atoms with Gasteiger partial charge in [-0.1, -0.05) is 50.6 Å². The highest BCUT2D eigenvalue weighted by Gasteiger charge is 2.23. The third-order valence-corrected chi connectivity index (χ3v) is 3.32. The topological polar surface area (TPSA) is 29.3 Å². The first-order chi connectivity index (χ1) is 8.45. The molecule has 0 heterocycles. The quantitative estimate of drug-likeness (QED) is 0.836. The Morgan fingerprint density at radius 1 is 1.11 bits per heavy atom. The minimum atomic E-state index is 0.145. The molecule has 0 saturated heterocycles. The second-order valence-corrected chi connectivity index (χ2v) is 5.70. The van der Waals surface area contributed by atoms with Crippen LogP contribution in [-0.2, 0) is 0 Å². The lowest BCUT2D eigenvalue weighted by Crippen LogP contribution is -2.41. The normalized spacial score (nSPS) is 15.1. The van der Waals surface area contributed by atoms with Gasteiger partial charge in [-0.25, -0.2) is 0 Å². The highest BCUT2D eigenvalue weighted by Crippen LogP contribution is 2.24. The lowest BCUT2D eigenvalue weighted by molar-refractivity contribution is 0.166. The molecule has 0 aliphatic carbocycles. The minimum Gasteiger partial charge on any atom is -0.326 e. The Labute approximate surface area is 112 Å². The number of hydrogen-bond donors (Lipinski definition) is 1. The van der Waals surface area contributed by atoms with Crippen LogP contribution < -0.4 is 5.73 Å². The van der Waals surface area contributed by atoms with Crippen molar-refractivity contribution in [1.82, 2.24) is 4.90 Å². The molecule has 2 N–H and O–H groups in total. The molecular weight excluding hydrogens is 220 g/mol. The smallest absolute Gasteiger partial charge is 0.0496 e. The Kier molecular flexibility index (Phi) is 5.83. The Morgan fingerprint density at radius 3 is 2.06 bits per heavy atom. The first kappa shape index (κ1) is 15.2. The minimum absolute atomic E-state index is 0.145. The van der Waals surface area contributed by atoms with Gasteiger partial charge in [0, 0.05) is 18.6 Å². The monoisotopic (exact) mass is 248 g/mol. The number of nitrogens with zero attached hydrogens (tertiary/aromatic N) is 1. The number of aryl methyl sites for hydroxylation is 1. The van der Waals surface area contributed by atoms with Crippen LogP contribution >= 0.6 is 0 Å². The van der Waals surface area contributed by atoms with Crippen LogP contribution in [0.15, 0.2) is 24.3 Å². The summed E-state index contributed by atoms with van der Waals surface area (Å²) < 4.78 is 0. The number of hydrogen-bond acceptors (Lipinski definition) is 2. The van der Waals surface area contributed by atoms with Crippen molar-refractivity contribution in [2.24, 2.45) is 11.7 Å². The molecule has 0 fully saturated rings. The van der Waals surface area contributed by atoms with Gasteiger partial charge in [-0.2, -0.15) is 0 Å². The fraction of sp³-hybridized carbons (Fsp3) is 0.625. The predicted molar refractivity (Wildman–Crippen MR) is 79.7 cm³/mol. The molecule has 1 rings (SSSR count). The van der Waals surface area contributed by atoms with Crippen molar-refractivity contribution in [3.05, 3.63) is 35.4 Å². The molecule has 0 spiro atoms. The van der Waals surface area contributed by atoms with Gasteiger partial charge in [0.1, 0.15) is 0 Å². The van der Waals surface area contributed by atoms with Crippen LogP contribution in [0, 0.1) is 12.8 Å². The Hall–Kier alpha value is -0.860. The second kappa shape index (κ2) is 6.91. The van der Waals surface area contributed by atoms with E-state index in [1.165, 1.54) is 11.1 Å². The largest absolute Gasteiger partial charge is 0.326 e. The van der Waals surface area contributed by atoms with Gasteiger partial charge in [-0.05, 0) is 31.9 Å². The summed E-state index contributed by atoms with van der Waals surface area (Å²) in [7, 11) is 0. The SMILES string of the molecule is CCN(CC(C)C)C(c1ccc(C)cc1)C(C)N. The molecule has 2 unspecified atom stereocenters. The van der Waals surface area contributed by atoms with E-state index in [1.54, 1.807) is 0 Å². The highest BCUT2D eigenvalue weighted by atomic mass is 15.2. The number of benzene rings is 1. The molecule has 0 aliphatic rings. The van der Waals surface area contributed by atoms with Crippen molar-refractivity contribution < 1.29 is 0 Å².